The van der Waals surface area contributed by atoms with Gasteiger partial charge in [0.25, 0.3) is 0 Å². The van der Waals surface area contributed by atoms with E-state index >= 15 is 0 Å². The summed E-state index contributed by atoms with van der Waals surface area (Å²) in [7, 11) is 3.18. The fourth-order valence-electron chi connectivity index (χ4n) is 2.19. The Morgan fingerprint density at radius 2 is 1.61 bits per heavy atom. The molecule has 0 amide bonds. The number of aromatic nitrogens is 1. The molecule has 1 aromatic heterocycles. The van der Waals surface area contributed by atoms with Crippen molar-refractivity contribution >= 4 is 0 Å². The lowest BCUT2D eigenvalue weighted by Gasteiger charge is -2.13. The number of methoxy groups -OCH3 is 2. The molecule has 0 bridgehead atoms. The summed E-state index contributed by atoms with van der Waals surface area (Å²) >= 11 is 0. The van der Waals surface area contributed by atoms with E-state index in [1.54, 1.807) is 20.5 Å². The van der Waals surface area contributed by atoms with Gasteiger partial charge in [-0.1, -0.05) is 24.3 Å². The molecule has 3 aromatic rings. The van der Waals surface area contributed by atoms with Crippen molar-refractivity contribution in [1.82, 2.24) is 4.98 Å². The Morgan fingerprint density at radius 1 is 0.913 bits per heavy atom. The van der Waals surface area contributed by atoms with E-state index in [1.165, 1.54) is 0 Å². The zero-order valence-corrected chi connectivity index (χ0v) is 13.0. The molecule has 118 valence electrons. The molecule has 0 unspecified atom stereocenters. The first-order valence-corrected chi connectivity index (χ1v) is 7.15. The zero-order valence-electron chi connectivity index (χ0n) is 13.0. The standard InChI is InChI=1S/C18H17NO4/c1-20-15-9-6-10-16(21-2)17(15)22-11-14-12-23-18(19-14)13-7-4-3-5-8-13/h3-10,12H,11H2,1-2H3. The molecule has 0 saturated carbocycles. The van der Waals surface area contributed by atoms with E-state index in [2.05, 4.69) is 4.98 Å². The summed E-state index contributed by atoms with van der Waals surface area (Å²) in [6.45, 7) is 0.257. The van der Waals surface area contributed by atoms with Crippen molar-refractivity contribution in [3.8, 4) is 28.7 Å². The van der Waals surface area contributed by atoms with Crippen LogP contribution >= 0.6 is 0 Å². The van der Waals surface area contributed by atoms with Gasteiger partial charge in [-0.2, -0.15) is 0 Å². The quantitative estimate of drug-likeness (QED) is 0.690. The Kier molecular flexibility index (Phi) is 4.47. The fourth-order valence-corrected chi connectivity index (χ4v) is 2.19. The third kappa shape index (κ3) is 3.29. The maximum Gasteiger partial charge on any atom is 0.226 e. The summed E-state index contributed by atoms with van der Waals surface area (Å²) in [6.07, 6.45) is 1.59. The summed E-state index contributed by atoms with van der Waals surface area (Å²) in [5.41, 5.74) is 1.62. The Hall–Kier alpha value is -2.95. The van der Waals surface area contributed by atoms with Crippen molar-refractivity contribution < 1.29 is 18.6 Å². The lowest BCUT2D eigenvalue weighted by molar-refractivity contribution is 0.262. The summed E-state index contributed by atoms with van der Waals surface area (Å²) in [6, 6.07) is 15.2. The van der Waals surface area contributed by atoms with Crippen LogP contribution in [0.1, 0.15) is 5.69 Å². The largest absolute Gasteiger partial charge is 0.493 e. The second kappa shape index (κ2) is 6.87. The molecule has 0 aliphatic rings. The first-order chi connectivity index (χ1) is 11.3. The van der Waals surface area contributed by atoms with E-state index in [1.807, 2.05) is 48.5 Å². The van der Waals surface area contributed by atoms with E-state index < -0.39 is 0 Å². The Balaban J connectivity index is 1.76. The smallest absolute Gasteiger partial charge is 0.226 e. The minimum atomic E-state index is 0.257. The van der Waals surface area contributed by atoms with Gasteiger partial charge in [0.15, 0.2) is 11.5 Å². The van der Waals surface area contributed by atoms with Gasteiger partial charge in [0.2, 0.25) is 11.6 Å². The third-order valence-electron chi connectivity index (χ3n) is 3.32. The number of hydrogen-bond acceptors (Lipinski definition) is 5. The molecule has 0 atom stereocenters. The van der Waals surface area contributed by atoms with Crippen molar-refractivity contribution in [1.29, 1.82) is 0 Å². The van der Waals surface area contributed by atoms with E-state index in [0.29, 0.717) is 28.8 Å². The second-order valence-corrected chi connectivity index (χ2v) is 4.79. The molecule has 5 heteroatoms. The normalized spacial score (nSPS) is 10.3. The van der Waals surface area contributed by atoms with E-state index in [0.717, 1.165) is 5.56 Å². The summed E-state index contributed by atoms with van der Waals surface area (Å²) in [5, 5.41) is 0. The Morgan fingerprint density at radius 3 is 2.26 bits per heavy atom. The summed E-state index contributed by atoms with van der Waals surface area (Å²) in [4.78, 5) is 4.43. The van der Waals surface area contributed by atoms with Crippen LogP contribution in [-0.2, 0) is 6.61 Å². The monoisotopic (exact) mass is 311 g/mol. The van der Waals surface area contributed by atoms with Crippen LogP contribution in [0, 0.1) is 0 Å². The van der Waals surface area contributed by atoms with Crippen molar-refractivity contribution in [2.24, 2.45) is 0 Å². The number of ether oxygens (including phenoxy) is 3. The second-order valence-electron chi connectivity index (χ2n) is 4.79. The molecular formula is C18H17NO4. The van der Waals surface area contributed by atoms with Gasteiger partial charge in [-0.25, -0.2) is 4.98 Å². The highest BCUT2D eigenvalue weighted by Gasteiger charge is 2.13. The highest BCUT2D eigenvalue weighted by molar-refractivity contribution is 5.53. The number of hydrogen-bond donors (Lipinski definition) is 0. The van der Waals surface area contributed by atoms with Crippen molar-refractivity contribution in [3.05, 3.63) is 60.5 Å². The lowest BCUT2D eigenvalue weighted by Crippen LogP contribution is -2.00. The first-order valence-electron chi connectivity index (χ1n) is 7.15. The molecule has 23 heavy (non-hydrogen) atoms. The molecule has 2 aromatic carbocycles. The van der Waals surface area contributed by atoms with Crippen LogP contribution in [0.5, 0.6) is 17.2 Å². The van der Waals surface area contributed by atoms with Crippen LogP contribution in [0.4, 0.5) is 0 Å². The number of oxazole rings is 1. The molecule has 0 spiro atoms. The van der Waals surface area contributed by atoms with Crippen LogP contribution in [0.15, 0.2) is 59.2 Å². The van der Waals surface area contributed by atoms with Crippen LogP contribution in [0.25, 0.3) is 11.5 Å². The van der Waals surface area contributed by atoms with E-state index in [9.17, 15) is 0 Å². The van der Waals surface area contributed by atoms with Crippen molar-refractivity contribution in [2.75, 3.05) is 14.2 Å². The highest BCUT2D eigenvalue weighted by Crippen LogP contribution is 2.37. The van der Waals surface area contributed by atoms with Crippen molar-refractivity contribution in [3.63, 3.8) is 0 Å². The minimum absolute atomic E-state index is 0.257. The van der Waals surface area contributed by atoms with Gasteiger partial charge in [0.05, 0.1) is 14.2 Å². The van der Waals surface area contributed by atoms with Crippen LogP contribution in [0.2, 0.25) is 0 Å². The molecule has 0 saturated heterocycles. The van der Waals surface area contributed by atoms with Gasteiger partial charge >= 0.3 is 0 Å². The van der Waals surface area contributed by atoms with Crippen molar-refractivity contribution in [2.45, 2.75) is 6.61 Å². The summed E-state index contributed by atoms with van der Waals surface area (Å²) in [5.74, 6) is 2.32. The molecule has 0 aliphatic heterocycles. The predicted octanol–water partition coefficient (Wildman–Crippen LogP) is 3.94. The van der Waals surface area contributed by atoms with Gasteiger partial charge in [-0.05, 0) is 24.3 Å². The average Bonchev–Trinajstić information content (AvgIpc) is 3.09. The van der Waals surface area contributed by atoms with Crippen LogP contribution in [0.3, 0.4) is 0 Å². The van der Waals surface area contributed by atoms with Crippen LogP contribution in [-0.4, -0.2) is 19.2 Å². The molecule has 0 fully saturated rings. The SMILES string of the molecule is COc1cccc(OC)c1OCc1coc(-c2ccccc2)n1. The van der Waals surface area contributed by atoms with Gasteiger partial charge in [0, 0.05) is 5.56 Å². The third-order valence-corrected chi connectivity index (χ3v) is 3.32. The highest BCUT2D eigenvalue weighted by atomic mass is 16.5. The minimum Gasteiger partial charge on any atom is -0.493 e. The first kappa shape index (κ1) is 15.0. The van der Waals surface area contributed by atoms with Gasteiger partial charge in [0.1, 0.15) is 18.6 Å². The van der Waals surface area contributed by atoms with Gasteiger partial charge < -0.3 is 18.6 Å². The molecule has 3 rings (SSSR count). The number of rotatable bonds is 6. The van der Waals surface area contributed by atoms with Gasteiger partial charge in [-0.15, -0.1) is 0 Å². The van der Waals surface area contributed by atoms with E-state index in [-0.39, 0.29) is 6.61 Å². The fraction of sp³-hybridized carbons (Fsp3) is 0.167. The molecule has 1 heterocycles. The predicted molar refractivity (Wildman–Crippen MR) is 85.8 cm³/mol. The topological polar surface area (TPSA) is 53.7 Å². The average molecular weight is 311 g/mol. The molecule has 0 radical (unpaired) electrons. The molecule has 0 aliphatic carbocycles. The Labute approximate surface area is 134 Å². The molecule has 5 nitrogen and oxygen atoms in total. The summed E-state index contributed by atoms with van der Waals surface area (Å²) < 4.78 is 21.9. The molecular weight excluding hydrogens is 294 g/mol. The maximum atomic E-state index is 5.81. The lowest BCUT2D eigenvalue weighted by atomic mass is 10.2. The van der Waals surface area contributed by atoms with E-state index in [4.69, 9.17) is 18.6 Å². The van der Waals surface area contributed by atoms with Crippen LogP contribution < -0.4 is 14.2 Å². The Bertz CT molecular complexity index is 745. The maximum absolute atomic E-state index is 5.81. The number of benzene rings is 2. The number of nitrogens with zero attached hydrogens (tertiary/aromatic N) is 1. The molecule has 0 N–H and O–H groups in total. The zero-order chi connectivity index (χ0) is 16.1. The van der Waals surface area contributed by atoms with Gasteiger partial charge in [-0.3, -0.25) is 0 Å². The number of para-hydroxylation sites is 1.